The summed E-state index contributed by atoms with van der Waals surface area (Å²) < 4.78 is 26.7. The molecule has 0 fully saturated rings. The summed E-state index contributed by atoms with van der Waals surface area (Å²) in [6.07, 6.45) is 0.516. The van der Waals surface area contributed by atoms with Crippen LogP contribution in [-0.4, -0.2) is 17.5 Å². The third kappa shape index (κ3) is 3.44. The average molecular weight is 233 g/mol. The maximum absolute atomic E-state index is 13.3. The molecule has 2 nitrogen and oxygen atoms in total. The summed E-state index contributed by atoms with van der Waals surface area (Å²) in [6.45, 7) is 0.145. The van der Waals surface area contributed by atoms with Crippen LogP contribution in [-0.2, 0) is 6.54 Å². The molecule has 3 N–H and O–H groups in total. The predicted molar refractivity (Wildman–Crippen MR) is 56.7 cm³/mol. The fraction of sp³-hybridized carbons (Fsp3) is 0.400. The van der Waals surface area contributed by atoms with E-state index in [1.165, 1.54) is 12.1 Å². The molecule has 5 heteroatoms. The zero-order valence-electron chi connectivity index (χ0n) is 8.17. The van der Waals surface area contributed by atoms with Gasteiger partial charge in [0.2, 0.25) is 0 Å². The Kier molecular flexibility index (Phi) is 5.01. The van der Waals surface area contributed by atoms with Gasteiger partial charge in [-0.1, -0.05) is 0 Å². The third-order valence-corrected chi connectivity index (χ3v) is 3.01. The Labute approximate surface area is 91.5 Å². The summed E-state index contributed by atoms with van der Waals surface area (Å²) in [5, 5.41) is 8.55. The second kappa shape index (κ2) is 6.05. The molecule has 84 valence electrons. The molecule has 0 heterocycles. The number of nitrogens with two attached hydrogens (primary N) is 1. The number of aliphatic hydroxyl groups excluding tert-OH is 1. The molecule has 0 saturated heterocycles. The number of thioether (sulfide) groups is 1. The Bertz CT molecular complexity index is 310. The van der Waals surface area contributed by atoms with Crippen LogP contribution in [0.25, 0.3) is 0 Å². The van der Waals surface area contributed by atoms with E-state index in [1.54, 1.807) is 0 Å². The predicted octanol–water partition coefficient (Wildman–Crippen LogP) is 1.90. The van der Waals surface area contributed by atoms with Crippen molar-refractivity contribution in [3.8, 4) is 0 Å². The first-order valence-electron chi connectivity index (χ1n) is 4.60. The molecule has 1 rings (SSSR count). The fourth-order valence-corrected chi connectivity index (χ4v) is 1.98. The van der Waals surface area contributed by atoms with Crippen molar-refractivity contribution < 1.29 is 13.9 Å². The van der Waals surface area contributed by atoms with Crippen LogP contribution in [0.1, 0.15) is 12.0 Å². The molecule has 0 aliphatic carbocycles. The highest BCUT2D eigenvalue weighted by atomic mass is 32.2. The normalized spacial score (nSPS) is 10.7. The number of aliphatic hydroxyl groups is 1. The molecule has 0 amide bonds. The van der Waals surface area contributed by atoms with E-state index in [2.05, 4.69) is 0 Å². The fourth-order valence-electron chi connectivity index (χ4n) is 1.11. The molecule has 0 atom stereocenters. The van der Waals surface area contributed by atoms with Crippen molar-refractivity contribution >= 4 is 11.8 Å². The highest BCUT2D eigenvalue weighted by Gasteiger charge is 2.10. The number of hydrogen-bond donors (Lipinski definition) is 2. The largest absolute Gasteiger partial charge is 0.396 e. The molecule has 0 aromatic heterocycles. The minimum atomic E-state index is -0.585. The van der Waals surface area contributed by atoms with Crippen molar-refractivity contribution in [2.24, 2.45) is 5.73 Å². The number of benzene rings is 1. The van der Waals surface area contributed by atoms with E-state index in [0.717, 1.165) is 11.8 Å². The maximum Gasteiger partial charge on any atom is 0.140 e. The molecule has 0 aliphatic heterocycles. The zero-order valence-corrected chi connectivity index (χ0v) is 8.99. The van der Waals surface area contributed by atoms with Crippen molar-refractivity contribution in [1.29, 1.82) is 0 Å². The lowest BCUT2D eigenvalue weighted by Gasteiger charge is -2.06. The standard InChI is InChI=1S/C10H13F2NOS/c11-8-4-7(6-13)5-9(12)10(8)15-3-1-2-14/h4-5,14H,1-3,6,13H2. The number of rotatable bonds is 5. The van der Waals surface area contributed by atoms with Crippen LogP contribution in [0.3, 0.4) is 0 Å². The van der Waals surface area contributed by atoms with Crippen LogP contribution in [0.4, 0.5) is 8.78 Å². The van der Waals surface area contributed by atoms with Crippen LogP contribution < -0.4 is 5.73 Å². The molecule has 0 bridgehead atoms. The summed E-state index contributed by atoms with van der Waals surface area (Å²) in [5.74, 6) is -0.677. The number of halogens is 2. The van der Waals surface area contributed by atoms with E-state index in [1.807, 2.05) is 0 Å². The molecule has 1 aromatic rings. The Morgan fingerprint density at radius 2 is 1.87 bits per heavy atom. The average Bonchev–Trinajstić information content (AvgIpc) is 2.22. The molecule has 0 radical (unpaired) electrons. The summed E-state index contributed by atoms with van der Waals surface area (Å²) in [5.41, 5.74) is 5.73. The van der Waals surface area contributed by atoms with Gasteiger partial charge in [-0.2, -0.15) is 0 Å². The van der Waals surface area contributed by atoms with Gasteiger partial charge >= 0.3 is 0 Å². The van der Waals surface area contributed by atoms with Crippen molar-refractivity contribution in [3.05, 3.63) is 29.3 Å². The third-order valence-electron chi connectivity index (χ3n) is 1.84. The summed E-state index contributed by atoms with van der Waals surface area (Å²) in [4.78, 5) is 0.000602. The Balaban J connectivity index is 2.79. The van der Waals surface area contributed by atoms with Gasteiger partial charge in [-0.3, -0.25) is 0 Å². The van der Waals surface area contributed by atoms with E-state index in [9.17, 15) is 8.78 Å². The second-order valence-corrected chi connectivity index (χ2v) is 4.12. The summed E-state index contributed by atoms with van der Waals surface area (Å²) in [6, 6.07) is 2.48. The van der Waals surface area contributed by atoms with Crippen LogP contribution in [0.15, 0.2) is 17.0 Å². The SMILES string of the molecule is NCc1cc(F)c(SCCCO)c(F)c1. The minimum absolute atomic E-state index is 0.000602. The highest BCUT2D eigenvalue weighted by Crippen LogP contribution is 2.26. The molecule has 0 aliphatic rings. The lowest BCUT2D eigenvalue weighted by molar-refractivity contribution is 0.296. The molecular formula is C10H13F2NOS. The van der Waals surface area contributed by atoms with Crippen LogP contribution >= 0.6 is 11.8 Å². The molecular weight excluding hydrogens is 220 g/mol. The van der Waals surface area contributed by atoms with E-state index in [-0.39, 0.29) is 18.0 Å². The lowest BCUT2D eigenvalue weighted by atomic mass is 10.2. The van der Waals surface area contributed by atoms with Gasteiger partial charge in [-0.15, -0.1) is 11.8 Å². The summed E-state index contributed by atoms with van der Waals surface area (Å²) >= 11 is 1.07. The maximum atomic E-state index is 13.3. The van der Waals surface area contributed by atoms with Crippen LogP contribution in [0.5, 0.6) is 0 Å². The quantitative estimate of drug-likeness (QED) is 0.603. The van der Waals surface area contributed by atoms with Gasteiger partial charge in [0, 0.05) is 18.9 Å². The van der Waals surface area contributed by atoms with Gasteiger partial charge in [0.05, 0.1) is 4.90 Å². The number of hydrogen-bond acceptors (Lipinski definition) is 3. The lowest BCUT2D eigenvalue weighted by Crippen LogP contribution is -2.00. The first-order valence-corrected chi connectivity index (χ1v) is 5.59. The molecule has 15 heavy (non-hydrogen) atoms. The van der Waals surface area contributed by atoms with E-state index in [4.69, 9.17) is 10.8 Å². The second-order valence-electron chi connectivity index (χ2n) is 3.02. The van der Waals surface area contributed by atoms with Gasteiger partial charge in [0.25, 0.3) is 0 Å². The van der Waals surface area contributed by atoms with E-state index < -0.39 is 11.6 Å². The first kappa shape index (κ1) is 12.4. The molecule has 1 aromatic carbocycles. The first-order chi connectivity index (χ1) is 7.19. The van der Waals surface area contributed by atoms with Crippen LogP contribution in [0.2, 0.25) is 0 Å². The minimum Gasteiger partial charge on any atom is -0.396 e. The van der Waals surface area contributed by atoms with Crippen molar-refractivity contribution in [2.75, 3.05) is 12.4 Å². The topological polar surface area (TPSA) is 46.2 Å². The van der Waals surface area contributed by atoms with E-state index >= 15 is 0 Å². The van der Waals surface area contributed by atoms with Crippen molar-refractivity contribution in [1.82, 2.24) is 0 Å². The van der Waals surface area contributed by atoms with Crippen molar-refractivity contribution in [2.45, 2.75) is 17.9 Å². The van der Waals surface area contributed by atoms with Gasteiger partial charge in [-0.05, 0) is 24.1 Å². The van der Waals surface area contributed by atoms with Gasteiger partial charge in [0.1, 0.15) is 11.6 Å². The zero-order chi connectivity index (χ0) is 11.3. The Hall–Kier alpha value is -0.650. The molecule has 0 unspecified atom stereocenters. The summed E-state index contributed by atoms with van der Waals surface area (Å²) in [7, 11) is 0. The molecule has 0 saturated carbocycles. The van der Waals surface area contributed by atoms with E-state index in [0.29, 0.717) is 17.7 Å². The smallest absolute Gasteiger partial charge is 0.140 e. The van der Waals surface area contributed by atoms with Crippen LogP contribution in [0, 0.1) is 11.6 Å². The van der Waals surface area contributed by atoms with Gasteiger partial charge in [0.15, 0.2) is 0 Å². The van der Waals surface area contributed by atoms with Gasteiger partial charge in [-0.25, -0.2) is 8.78 Å². The van der Waals surface area contributed by atoms with Gasteiger partial charge < -0.3 is 10.8 Å². The highest BCUT2D eigenvalue weighted by molar-refractivity contribution is 7.99. The van der Waals surface area contributed by atoms with Crippen molar-refractivity contribution in [3.63, 3.8) is 0 Å². The Morgan fingerprint density at radius 1 is 1.27 bits per heavy atom. The monoisotopic (exact) mass is 233 g/mol. The Morgan fingerprint density at radius 3 is 2.33 bits per heavy atom. The molecule has 0 spiro atoms.